The van der Waals surface area contributed by atoms with Crippen LogP contribution in [0, 0.1) is 17.8 Å². The fourth-order valence-electron chi connectivity index (χ4n) is 4.49. The van der Waals surface area contributed by atoms with E-state index in [1.165, 1.54) is 0 Å². The lowest BCUT2D eigenvalue weighted by Gasteiger charge is -2.30. The lowest BCUT2D eigenvalue weighted by Crippen LogP contribution is -2.28. The summed E-state index contributed by atoms with van der Waals surface area (Å²) < 4.78 is 12.6. The third-order valence-electron chi connectivity index (χ3n) is 6.80. The maximum atomic E-state index is 13.4. The van der Waals surface area contributed by atoms with E-state index in [-0.39, 0.29) is 11.9 Å². The number of benzene rings is 4. The van der Waals surface area contributed by atoms with Gasteiger partial charge >= 0.3 is 11.9 Å². The molecule has 39 heavy (non-hydrogen) atoms. The highest BCUT2D eigenvalue weighted by atomic mass is 16.6. The average molecular weight is 523 g/mol. The Kier molecular flexibility index (Phi) is 7.96. The summed E-state index contributed by atoms with van der Waals surface area (Å²) >= 11 is 0. The van der Waals surface area contributed by atoms with Gasteiger partial charge in [-0.3, -0.25) is 9.59 Å². The van der Waals surface area contributed by atoms with E-state index >= 15 is 0 Å². The minimum atomic E-state index is -0.710. The zero-order valence-electron chi connectivity index (χ0n) is 23.9. The number of aryl methyl sites for hydroxylation is 1. The Hall–Kier alpha value is -3.92. The zero-order chi connectivity index (χ0) is 28.4. The third-order valence-corrected chi connectivity index (χ3v) is 6.80. The summed E-state index contributed by atoms with van der Waals surface area (Å²) in [5, 5.41) is 2.12. The fraction of sp³-hybridized carbons (Fsp3) is 0.314. The molecule has 4 aromatic rings. The van der Waals surface area contributed by atoms with Crippen molar-refractivity contribution >= 4 is 22.7 Å². The molecule has 4 nitrogen and oxygen atoms in total. The van der Waals surface area contributed by atoms with Crippen molar-refractivity contribution in [3.05, 3.63) is 119 Å². The molecule has 0 aliphatic carbocycles. The molecular formula is C35H38O4. The molecule has 0 N–H and O–H groups in total. The van der Waals surface area contributed by atoms with Gasteiger partial charge in [0.05, 0.1) is 10.8 Å². The number of carbonyl (C=O) groups excluding carboxylic acids is 2. The van der Waals surface area contributed by atoms with Crippen molar-refractivity contribution in [3.63, 3.8) is 0 Å². The Morgan fingerprint density at radius 3 is 1.56 bits per heavy atom. The molecule has 0 aliphatic rings. The van der Waals surface area contributed by atoms with Crippen LogP contribution < -0.4 is 0 Å². The van der Waals surface area contributed by atoms with Crippen LogP contribution in [0.25, 0.3) is 10.8 Å². The summed E-state index contributed by atoms with van der Waals surface area (Å²) in [4.78, 5) is 26.6. The monoisotopic (exact) mass is 522 g/mol. The fourth-order valence-corrected chi connectivity index (χ4v) is 4.49. The van der Waals surface area contributed by atoms with Gasteiger partial charge in [0.25, 0.3) is 0 Å². The molecule has 0 fully saturated rings. The smallest absolute Gasteiger partial charge is 0.312 e. The molecule has 0 bridgehead atoms. The van der Waals surface area contributed by atoms with Gasteiger partial charge in [0.15, 0.2) is 12.2 Å². The van der Waals surface area contributed by atoms with Crippen molar-refractivity contribution in [2.45, 2.75) is 60.7 Å². The largest absolute Gasteiger partial charge is 0.452 e. The van der Waals surface area contributed by atoms with E-state index in [2.05, 4.69) is 25.1 Å². The normalized spacial score (nSPS) is 13.5. The topological polar surface area (TPSA) is 52.6 Å². The van der Waals surface area contributed by atoms with Crippen LogP contribution in [0.15, 0.2) is 91.0 Å². The van der Waals surface area contributed by atoms with Crippen molar-refractivity contribution in [1.82, 2.24) is 0 Å². The van der Waals surface area contributed by atoms with E-state index in [0.29, 0.717) is 0 Å². The maximum absolute atomic E-state index is 13.4. The van der Waals surface area contributed by atoms with Crippen LogP contribution in [0.3, 0.4) is 0 Å². The molecule has 2 atom stereocenters. The third kappa shape index (κ3) is 6.22. The van der Waals surface area contributed by atoms with Gasteiger partial charge in [-0.1, -0.05) is 91.0 Å². The molecule has 0 aliphatic heterocycles. The summed E-state index contributed by atoms with van der Waals surface area (Å²) in [6.07, 6.45) is -1.39. The molecule has 4 rings (SSSR count). The van der Waals surface area contributed by atoms with Gasteiger partial charge in [-0.25, -0.2) is 0 Å². The lowest BCUT2D eigenvalue weighted by atomic mass is 9.87. The predicted molar refractivity (Wildman–Crippen MR) is 156 cm³/mol. The Bertz CT molecular complexity index is 1470. The molecule has 0 saturated heterocycles. The molecule has 2 unspecified atom stereocenters. The van der Waals surface area contributed by atoms with Crippen molar-refractivity contribution in [2.24, 2.45) is 10.8 Å². The first kappa shape index (κ1) is 28.1. The maximum Gasteiger partial charge on any atom is 0.312 e. The minimum Gasteiger partial charge on any atom is -0.452 e. The first-order valence-electron chi connectivity index (χ1n) is 13.4. The molecule has 202 valence electrons. The molecule has 0 amide bonds. The van der Waals surface area contributed by atoms with Gasteiger partial charge in [0.2, 0.25) is 0 Å². The molecule has 4 heteroatoms. The number of hydrogen-bond donors (Lipinski definition) is 0. The van der Waals surface area contributed by atoms with Gasteiger partial charge in [-0.2, -0.15) is 0 Å². The van der Waals surface area contributed by atoms with E-state index in [1.54, 1.807) is 0 Å². The first-order valence-corrected chi connectivity index (χ1v) is 13.4. The summed E-state index contributed by atoms with van der Waals surface area (Å²) in [6.45, 7) is 13.2. The standard InChI is InChI=1S/C35H38O4/c1-23-21-22-29(26-18-12-11-17-25(23)26)31(39-33(37)35(5,6)7)28-20-14-13-19-27(28)30(24-15-9-8-10-16-24)38-32(36)34(2,3)4/h8-22,30-31H,1-7H3. The quantitative estimate of drug-likeness (QED) is 0.238. The number of rotatable bonds is 6. The van der Waals surface area contributed by atoms with Crippen LogP contribution in [0.5, 0.6) is 0 Å². The molecule has 0 spiro atoms. The minimum absolute atomic E-state index is 0.310. The summed E-state index contributed by atoms with van der Waals surface area (Å²) in [7, 11) is 0. The second-order valence-corrected chi connectivity index (χ2v) is 12.1. The van der Waals surface area contributed by atoms with E-state index in [0.717, 1.165) is 38.6 Å². The number of hydrogen-bond acceptors (Lipinski definition) is 4. The number of carbonyl (C=O) groups is 2. The van der Waals surface area contributed by atoms with Crippen LogP contribution in [0.4, 0.5) is 0 Å². The van der Waals surface area contributed by atoms with Crippen molar-refractivity contribution in [1.29, 1.82) is 0 Å². The molecule has 0 saturated carbocycles. The van der Waals surface area contributed by atoms with E-state index in [1.807, 2.05) is 114 Å². The van der Waals surface area contributed by atoms with E-state index in [4.69, 9.17) is 9.47 Å². The van der Waals surface area contributed by atoms with Gasteiger partial charge in [0.1, 0.15) is 0 Å². The van der Waals surface area contributed by atoms with Crippen LogP contribution in [0.1, 0.15) is 81.6 Å². The second-order valence-electron chi connectivity index (χ2n) is 12.1. The summed E-state index contributed by atoms with van der Waals surface area (Å²) in [6, 6.07) is 29.7. The Labute approximate surface area is 232 Å². The highest BCUT2D eigenvalue weighted by molar-refractivity contribution is 5.89. The zero-order valence-corrected chi connectivity index (χ0v) is 23.9. The van der Waals surface area contributed by atoms with Crippen LogP contribution >= 0.6 is 0 Å². The predicted octanol–water partition coefficient (Wildman–Crippen LogP) is 8.51. The Balaban J connectivity index is 1.96. The van der Waals surface area contributed by atoms with Crippen LogP contribution in [-0.4, -0.2) is 11.9 Å². The number of esters is 2. The van der Waals surface area contributed by atoms with Gasteiger partial charge in [0, 0.05) is 16.7 Å². The lowest BCUT2D eigenvalue weighted by molar-refractivity contribution is -0.158. The molecule has 4 aromatic carbocycles. The van der Waals surface area contributed by atoms with Crippen LogP contribution in [-0.2, 0) is 19.1 Å². The molecular weight excluding hydrogens is 484 g/mol. The van der Waals surface area contributed by atoms with Gasteiger partial charge in [-0.05, 0) is 70.4 Å². The summed E-state index contributed by atoms with van der Waals surface area (Å²) in [5.74, 6) is -0.620. The molecule has 0 aromatic heterocycles. The summed E-state index contributed by atoms with van der Waals surface area (Å²) in [5.41, 5.74) is 3.04. The van der Waals surface area contributed by atoms with Crippen molar-refractivity contribution < 1.29 is 19.1 Å². The Morgan fingerprint density at radius 1 is 0.538 bits per heavy atom. The second kappa shape index (κ2) is 11.1. The Morgan fingerprint density at radius 2 is 1.00 bits per heavy atom. The highest BCUT2D eigenvalue weighted by Crippen LogP contribution is 2.40. The van der Waals surface area contributed by atoms with Crippen molar-refractivity contribution in [3.8, 4) is 0 Å². The SMILES string of the molecule is Cc1ccc(C(OC(=O)C(C)(C)C)c2ccccc2C(OC(=O)C(C)(C)C)c2ccccc2)c2ccccc12. The number of ether oxygens (including phenoxy) is 2. The van der Waals surface area contributed by atoms with Crippen LogP contribution in [0.2, 0.25) is 0 Å². The highest BCUT2D eigenvalue weighted by Gasteiger charge is 2.34. The number of fused-ring (bicyclic) bond motifs is 1. The van der Waals surface area contributed by atoms with Crippen molar-refractivity contribution in [2.75, 3.05) is 0 Å². The molecule has 0 radical (unpaired) electrons. The first-order chi connectivity index (χ1) is 18.4. The van der Waals surface area contributed by atoms with E-state index in [9.17, 15) is 9.59 Å². The van der Waals surface area contributed by atoms with Gasteiger partial charge < -0.3 is 9.47 Å². The van der Waals surface area contributed by atoms with Gasteiger partial charge in [-0.15, -0.1) is 0 Å². The average Bonchev–Trinajstić information content (AvgIpc) is 2.90. The van der Waals surface area contributed by atoms with E-state index < -0.39 is 23.0 Å². The molecule has 0 heterocycles.